The van der Waals surface area contributed by atoms with E-state index >= 15 is 0 Å². The predicted octanol–water partition coefficient (Wildman–Crippen LogP) is 1.09. The molecule has 0 unspecified atom stereocenters. The van der Waals surface area contributed by atoms with Gasteiger partial charge >= 0.3 is 0 Å². The zero-order valence-electron chi connectivity index (χ0n) is 13.5. The molecular formula is C15H29N3O2. The molecule has 0 radical (unpaired) electrons. The highest BCUT2D eigenvalue weighted by atomic mass is 16.2. The van der Waals surface area contributed by atoms with Crippen LogP contribution in [-0.4, -0.2) is 59.9 Å². The van der Waals surface area contributed by atoms with Crippen LogP contribution in [0.4, 0.5) is 0 Å². The first-order valence-corrected chi connectivity index (χ1v) is 7.60. The van der Waals surface area contributed by atoms with Crippen molar-refractivity contribution in [1.29, 1.82) is 0 Å². The minimum Gasteiger partial charge on any atom is -0.339 e. The summed E-state index contributed by atoms with van der Waals surface area (Å²) in [5, 5.41) is 3.21. The van der Waals surface area contributed by atoms with Crippen LogP contribution in [0.5, 0.6) is 0 Å². The molecule has 0 spiro atoms. The molecule has 1 rings (SSSR count). The van der Waals surface area contributed by atoms with E-state index in [0.717, 1.165) is 6.54 Å². The Morgan fingerprint density at radius 2 is 1.60 bits per heavy atom. The minimum atomic E-state index is -0.529. The molecule has 1 fully saturated rings. The van der Waals surface area contributed by atoms with Crippen LogP contribution in [0.25, 0.3) is 0 Å². The fourth-order valence-electron chi connectivity index (χ4n) is 2.55. The van der Waals surface area contributed by atoms with Gasteiger partial charge in [0.1, 0.15) is 0 Å². The summed E-state index contributed by atoms with van der Waals surface area (Å²) in [6.07, 6.45) is 0.594. The number of nitrogens with zero attached hydrogens (tertiary/aromatic N) is 2. The molecule has 20 heavy (non-hydrogen) atoms. The Morgan fingerprint density at radius 3 is 2.05 bits per heavy atom. The van der Waals surface area contributed by atoms with E-state index in [-0.39, 0.29) is 11.8 Å². The summed E-state index contributed by atoms with van der Waals surface area (Å²) in [6, 6.07) is 0. The average molecular weight is 283 g/mol. The molecule has 116 valence electrons. The van der Waals surface area contributed by atoms with Crippen molar-refractivity contribution in [2.75, 3.05) is 32.7 Å². The molecule has 2 amide bonds. The molecule has 1 heterocycles. The SMILES string of the molecule is CCNC(C)(C)C(=O)N1CCN(C(=O)CC(C)C)CC1. The lowest BCUT2D eigenvalue weighted by Crippen LogP contribution is -2.59. The Bertz CT molecular complexity index is 345. The van der Waals surface area contributed by atoms with E-state index in [0.29, 0.717) is 38.5 Å². The van der Waals surface area contributed by atoms with E-state index in [1.54, 1.807) is 0 Å². The molecular weight excluding hydrogens is 254 g/mol. The van der Waals surface area contributed by atoms with Gasteiger partial charge in [-0.15, -0.1) is 0 Å². The molecule has 1 N–H and O–H groups in total. The Labute approximate surface area is 122 Å². The molecule has 1 aliphatic rings. The highest BCUT2D eigenvalue weighted by Crippen LogP contribution is 2.13. The molecule has 0 bridgehead atoms. The molecule has 5 nitrogen and oxygen atoms in total. The number of rotatable bonds is 5. The first kappa shape index (κ1) is 17.0. The Hall–Kier alpha value is -1.10. The van der Waals surface area contributed by atoms with Gasteiger partial charge in [0.05, 0.1) is 5.54 Å². The van der Waals surface area contributed by atoms with Gasteiger partial charge in [-0.05, 0) is 26.3 Å². The molecule has 0 saturated carbocycles. The van der Waals surface area contributed by atoms with Crippen molar-refractivity contribution in [3.63, 3.8) is 0 Å². The summed E-state index contributed by atoms with van der Waals surface area (Å²) in [6.45, 7) is 13.3. The maximum Gasteiger partial charge on any atom is 0.242 e. The van der Waals surface area contributed by atoms with Crippen LogP contribution in [-0.2, 0) is 9.59 Å². The van der Waals surface area contributed by atoms with Gasteiger partial charge in [-0.3, -0.25) is 9.59 Å². The molecule has 0 aromatic heterocycles. The monoisotopic (exact) mass is 283 g/mol. The molecule has 1 aliphatic heterocycles. The third-order valence-electron chi connectivity index (χ3n) is 3.66. The van der Waals surface area contributed by atoms with Crippen LogP contribution in [0.1, 0.15) is 41.0 Å². The van der Waals surface area contributed by atoms with Gasteiger partial charge in [0.2, 0.25) is 11.8 Å². The summed E-state index contributed by atoms with van der Waals surface area (Å²) < 4.78 is 0. The molecule has 0 aromatic rings. The summed E-state index contributed by atoms with van der Waals surface area (Å²) >= 11 is 0. The van der Waals surface area contributed by atoms with Gasteiger partial charge < -0.3 is 15.1 Å². The summed E-state index contributed by atoms with van der Waals surface area (Å²) in [5.74, 6) is 0.711. The molecule has 0 atom stereocenters. The lowest BCUT2D eigenvalue weighted by atomic mass is 10.0. The van der Waals surface area contributed by atoms with Crippen LogP contribution in [0.3, 0.4) is 0 Å². The Morgan fingerprint density at radius 1 is 1.10 bits per heavy atom. The van der Waals surface area contributed by atoms with Crippen LogP contribution in [0.15, 0.2) is 0 Å². The fourth-order valence-corrected chi connectivity index (χ4v) is 2.55. The second kappa shape index (κ2) is 7.07. The lowest BCUT2D eigenvalue weighted by molar-refractivity contribution is -0.143. The third-order valence-corrected chi connectivity index (χ3v) is 3.66. The third kappa shape index (κ3) is 4.47. The van der Waals surface area contributed by atoms with Crippen molar-refractivity contribution in [3.05, 3.63) is 0 Å². The Balaban J connectivity index is 2.50. The van der Waals surface area contributed by atoms with Gasteiger partial charge in [0.25, 0.3) is 0 Å². The number of likely N-dealkylation sites (N-methyl/N-ethyl adjacent to an activating group) is 1. The summed E-state index contributed by atoms with van der Waals surface area (Å²) in [5.41, 5.74) is -0.529. The van der Waals surface area contributed by atoms with Crippen LogP contribution in [0, 0.1) is 5.92 Å². The maximum absolute atomic E-state index is 12.4. The molecule has 0 aromatic carbocycles. The number of carbonyl (C=O) groups is 2. The predicted molar refractivity (Wildman–Crippen MR) is 80.4 cm³/mol. The first-order chi connectivity index (χ1) is 9.27. The standard InChI is InChI=1S/C15H29N3O2/c1-6-16-15(4,5)14(20)18-9-7-17(8-10-18)13(19)11-12(2)3/h12,16H,6-11H2,1-5H3. The second-order valence-corrected chi connectivity index (χ2v) is 6.43. The van der Waals surface area contributed by atoms with E-state index in [4.69, 9.17) is 0 Å². The normalized spacial score (nSPS) is 16.7. The zero-order chi connectivity index (χ0) is 15.3. The number of hydrogen-bond donors (Lipinski definition) is 1. The topological polar surface area (TPSA) is 52.7 Å². The number of carbonyl (C=O) groups excluding carboxylic acids is 2. The van der Waals surface area contributed by atoms with Gasteiger partial charge in [-0.2, -0.15) is 0 Å². The van der Waals surface area contributed by atoms with E-state index in [1.165, 1.54) is 0 Å². The quantitative estimate of drug-likeness (QED) is 0.822. The van der Waals surface area contributed by atoms with Crippen LogP contribution >= 0.6 is 0 Å². The van der Waals surface area contributed by atoms with Crippen molar-refractivity contribution >= 4 is 11.8 Å². The van der Waals surface area contributed by atoms with E-state index in [1.807, 2.05) is 30.6 Å². The average Bonchev–Trinajstić information content (AvgIpc) is 2.37. The number of hydrogen-bond acceptors (Lipinski definition) is 3. The minimum absolute atomic E-state index is 0.121. The van der Waals surface area contributed by atoms with Crippen molar-refractivity contribution < 1.29 is 9.59 Å². The largest absolute Gasteiger partial charge is 0.339 e. The van der Waals surface area contributed by atoms with Crippen molar-refractivity contribution in [2.24, 2.45) is 5.92 Å². The van der Waals surface area contributed by atoms with Crippen LogP contribution in [0.2, 0.25) is 0 Å². The lowest BCUT2D eigenvalue weighted by Gasteiger charge is -2.39. The van der Waals surface area contributed by atoms with Gasteiger partial charge in [0.15, 0.2) is 0 Å². The van der Waals surface area contributed by atoms with E-state index in [2.05, 4.69) is 19.2 Å². The molecule has 0 aliphatic carbocycles. The molecule has 1 saturated heterocycles. The highest BCUT2D eigenvalue weighted by Gasteiger charge is 2.33. The first-order valence-electron chi connectivity index (χ1n) is 7.60. The highest BCUT2D eigenvalue weighted by molar-refractivity contribution is 5.86. The summed E-state index contributed by atoms with van der Waals surface area (Å²) in [7, 11) is 0. The van der Waals surface area contributed by atoms with E-state index in [9.17, 15) is 9.59 Å². The van der Waals surface area contributed by atoms with Crippen molar-refractivity contribution in [2.45, 2.75) is 46.6 Å². The number of nitrogens with one attached hydrogen (secondary N) is 1. The van der Waals surface area contributed by atoms with Crippen molar-refractivity contribution in [3.8, 4) is 0 Å². The number of piperazine rings is 1. The maximum atomic E-state index is 12.4. The zero-order valence-corrected chi connectivity index (χ0v) is 13.5. The fraction of sp³-hybridized carbons (Fsp3) is 0.867. The number of amides is 2. The smallest absolute Gasteiger partial charge is 0.242 e. The van der Waals surface area contributed by atoms with E-state index < -0.39 is 5.54 Å². The molecule has 5 heteroatoms. The summed E-state index contributed by atoms with van der Waals surface area (Å²) in [4.78, 5) is 28.2. The Kier molecular flexibility index (Phi) is 5.99. The van der Waals surface area contributed by atoms with Gasteiger partial charge in [0, 0.05) is 32.6 Å². The van der Waals surface area contributed by atoms with Gasteiger partial charge in [-0.1, -0.05) is 20.8 Å². The van der Waals surface area contributed by atoms with Crippen molar-refractivity contribution in [1.82, 2.24) is 15.1 Å². The van der Waals surface area contributed by atoms with Gasteiger partial charge in [-0.25, -0.2) is 0 Å². The second-order valence-electron chi connectivity index (χ2n) is 6.43. The van der Waals surface area contributed by atoms with Crippen LogP contribution < -0.4 is 5.32 Å².